The van der Waals surface area contributed by atoms with Crippen molar-refractivity contribution in [2.45, 2.75) is 50.4 Å². The lowest BCUT2D eigenvalue weighted by Gasteiger charge is -2.32. The topological polar surface area (TPSA) is 29.3 Å². The lowest BCUT2D eigenvalue weighted by molar-refractivity contribution is 0.315. The van der Waals surface area contributed by atoms with Crippen LogP contribution in [0.15, 0.2) is 0 Å². The van der Waals surface area contributed by atoms with Crippen LogP contribution in [-0.2, 0) is 0 Å². The predicted molar refractivity (Wildman–Crippen MR) is 88.0 cm³/mol. The van der Waals surface area contributed by atoms with Crippen molar-refractivity contribution in [3.05, 3.63) is 0 Å². The zero-order valence-corrected chi connectivity index (χ0v) is 14.6. The van der Waals surface area contributed by atoms with Gasteiger partial charge < -0.3 is 5.73 Å². The van der Waals surface area contributed by atoms with Gasteiger partial charge in [0.25, 0.3) is 0 Å². The van der Waals surface area contributed by atoms with Gasteiger partial charge in [-0.15, -0.1) is 12.8 Å². The Morgan fingerprint density at radius 2 is 1.44 bits per heavy atom. The van der Waals surface area contributed by atoms with Gasteiger partial charge in [0.05, 0.1) is 30.7 Å². The van der Waals surface area contributed by atoms with Crippen molar-refractivity contribution < 1.29 is 0 Å². The fourth-order valence-electron chi connectivity index (χ4n) is 2.69. The van der Waals surface area contributed by atoms with Gasteiger partial charge >= 0.3 is 0 Å². The summed E-state index contributed by atoms with van der Waals surface area (Å²) in [5, 5.41) is 0. The molecule has 2 N–H and O–H groups in total. The van der Waals surface area contributed by atoms with E-state index >= 15 is 0 Å². The first kappa shape index (κ1) is 17.5. The minimum absolute atomic E-state index is 0.347. The maximum atomic E-state index is 5.47. The number of nitrogens with zero attached hydrogens (tertiary/aromatic N) is 1. The molecule has 0 aromatic rings. The molecule has 18 heavy (non-hydrogen) atoms. The third kappa shape index (κ3) is 5.41. The van der Waals surface area contributed by atoms with Gasteiger partial charge in [-0.1, -0.05) is 38.0 Å². The monoisotopic (exact) mass is 280 g/mol. The third-order valence-electron chi connectivity index (χ3n) is 3.54. The molecule has 2 nitrogen and oxygen atoms in total. The van der Waals surface area contributed by atoms with E-state index in [0.717, 1.165) is 17.9 Å². The molecule has 0 aromatic heterocycles. The van der Waals surface area contributed by atoms with E-state index in [1.165, 1.54) is 12.8 Å². The first-order valence-corrected chi connectivity index (χ1v) is 12.8. The van der Waals surface area contributed by atoms with Crippen LogP contribution in [0.25, 0.3) is 0 Å². The molecular weight excluding hydrogens is 252 g/mol. The summed E-state index contributed by atoms with van der Waals surface area (Å²) in [7, 11) is -1.08. The molecule has 0 amide bonds. The van der Waals surface area contributed by atoms with Gasteiger partial charge in [-0.25, -0.2) is 0 Å². The van der Waals surface area contributed by atoms with E-state index in [-0.39, 0.29) is 0 Å². The molecule has 1 aliphatic rings. The van der Waals surface area contributed by atoms with E-state index in [0.29, 0.717) is 6.54 Å². The van der Waals surface area contributed by atoms with Crippen LogP contribution < -0.4 is 5.73 Å². The summed E-state index contributed by atoms with van der Waals surface area (Å²) in [5.41, 5.74) is 6.55. The predicted octanol–water partition coefficient (Wildman–Crippen LogP) is 1.08. The molecule has 0 aliphatic carbocycles. The van der Waals surface area contributed by atoms with Gasteiger partial charge in [0.2, 0.25) is 0 Å². The molecule has 1 fully saturated rings. The normalized spacial score (nSPS) is 23.4. The molecule has 0 saturated carbocycles. The van der Waals surface area contributed by atoms with E-state index in [4.69, 9.17) is 12.2 Å². The van der Waals surface area contributed by atoms with Gasteiger partial charge in [-0.2, -0.15) is 0 Å². The highest BCUT2D eigenvalue weighted by atomic mass is 28.3. The fraction of sp³-hybridized carbons (Fsp3) is 0.714. The average molecular weight is 281 g/mol. The van der Waals surface area contributed by atoms with Crippen LogP contribution in [0.2, 0.25) is 26.2 Å². The smallest absolute Gasteiger partial charge is 0.0598 e. The lowest BCUT2D eigenvalue weighted by Crippen LogP contribution is -2.47. The Balaban J connectivity index is 0.000000631. The Bertz CT molecular complexity index is 286. The van der Waals surface area contributed by atoms with Crippen LogP contribution in [-0.4, -0.2) is 46.9 Å². The standard InChI is InChI=1S/C11H23NSi2.C3H5N/c1-6-9-12-10(13(2)3)7-8-11(12)14(4)5;1-2-3-4/h1,10-11,13-14H,7-9H2,2-5H3;1H,3-4H2. The van der Waals surface area contributed by atoms with Crippen LogP contribution >= 0.6 is 0 Å². The van der Waals surface area contributed by atoms with Gasteiger partial charge in [-0.05, 0) is 12.8 Å². The van der Waals surface area contributed by atoms with Gasteiger partial charge in [-0.3, -0.25) is 4.90 Å². The summed E-state index contributed by atoms with van der Waals surface area (Å²) in [5.74, 6) is 5.06. The number of nitrogens with two attached hydrogens (primary N) is 1. The molecule has 2 atom stereocenters. The molecule has 0 radical (unpaired) electrons. The van der Waals surface area contributed by atoms with Gasteiger partial charge in [0, 0.05) is 11.3 Å². The highest BCUT2D eigenvalue weighted by Gasteiger charge is 2.36. The average Bonchev–Trinajstić information content (AvgIpc) is 2.74. The number of rotatable bonds is 3. The molecule has 102 valence electrons. The number of terminal acetylenes is 2. The van der Waals surface area contributed by atoms with E-state index < -0.39 is 17.6 Å². The van der Waals surface area contributed by atoms with Crippen molar-refractivity contribution in [3.8, 4) is 24.7 Å². The van der Waals surface area contributed by atoms with Crippen molar-refractivity contribution in [3.63, 3.8) is 0 Å². The Morgan fingerprint density at radius 1 is 1.06 bits per heavy atom. The van der Waals surface area contributed by atoms with Crippen LogP contribution in [0.1, 0.15) is 12.8 Å². The van der Waals surface area contributed by atoms with Crippen LogP contribution in [0, 0.1) is 24.7 Å². The van der Waals surface area contributed by atoms with Crippen LogP contribution in [0.3, 0.4) is 0 Å². The number of likely N-dealkylation sites (tertiary alicyclic amines) is 1. The fourth-order valence-corrected chi connectivity index (χ4v) is 6.79. The highest BCUT2D eigenvalue weighted by molar-refractivity contribution is 6.60. The number of hydrogen-bond acceptors (Lipinski definition) is 2. The van der Waals surface area contributed by atoms with Crippen molar-refractivity contribution in [1.29, 1.82) is 0 Å². The Morgan fingerprint density at radius 3 is 1.67 bits per heavy atom. The molecule has 0 aromatic carbocycles. The molecule has 1 aliphatic heterocycles. The Hall–Kier alpha value is -0.526. The van der Waals surface area contributed by atoms with E-state index in [2.05, 4.69) is 49.4 Å². The summed E-state index contributed by atoms with van der Waals surface area (Å²) in [6.07, 6.45) is 13.0. The van der Waals surface area contributed by atoms with Crippen LogP contribution in [0.4, 0.5) is 0 Å². The summed E-state index contributed by atoms with van der Waals surface area (Å²) in [6, 6.07) is 0. The minimum atomic E-state index is -0.540. The molecular formula is C14H28N2Si2. The molecule has 0 spiro atoms. The molecule has 2 unspecified atom stereocenters. The molecule has 0 bridgehead atoms. The SMILES string of the molecule is C#CCN.C#CCN1C([SiH](C)C)CCC1[SiH](C)C. The minimum Gasteiger partial charge on any atom is -0.320 e. The van der Waals surface area contributed by atoms with Crippen molar-refractivity contribution >= 4 is 17.6 Å². The Labute approximate surface area is 117 Å². The van der Waals surface area contributed by atoms with E-state index in [1.54, 1.807) is 0 Å². The van der Waals surface area contributed by atoms with Crippen molar-refractivity contribution in [2.75, 3.05) is 13.1 Å². The van der Waals surface area contributed by atoms with E-state index in [9.17, 15) is 0 Å². The molecule has 4 heteroatoms. The quantitative estimate of drug-likeness (QED) is 0.619. The maximum absolute atomic E-state index is 5.47. The second-order valence-electron chi connectivity index (χ2n) is 5.48. The van der Waals surface area contributed by atoms with Gasteiger partial charge in [0.15, 0.2) is 0 Å². The zero-order chi connectivity index (χ0) is 14.1. The maximum Gasteiger partial charge on any atom is 0.0598 e. The third-order valence-corrected chi connectivity index (χ3v) is 8.05. The lowest BCUT2D eigenvalue weighted by atomic mass is 10.4. The summed E-state index contributed by atoms with van der Waals surface area (Å²) in [4.78, 5) is 2.66. The van der Waals surface area contributed by atoms with Crippen molar-refractivity contribution in [1.82, 2.24) is 4.90 Å². The summed E-state index contributed by atoms with van der Waals surface area (Å²) in [6.45, 7) is 11.1. The number of hydrogen-bond donors (Lipinski definition) is 1. The highest BCUT2D eigenvalue weighted by Crippen LogP contribution is 2.27. The van der Waals surface area contributed by atoms with E-state index in [1.807, 2.05) is 0 Å². The van der Waals surface area contributed by atoms with Crippen molar-refractivity contribution in [2.24, 2.45) is 5.73 Å². The largest absolute Gasteiger partial charge is 0.320 e. The molecule has 1 heterocycles. The van der Waals surface area contributed by atoms with Crippen LogP contribution in [0.5, 0.6) is 0 Å². The summed E-state index contributed by atoms with van der Waals surface area (Å²) < 4.78 is 0. The zero-order valence-electron chi connectivity index (χ0n) is 12.3. The molecule has 1 saturated heterocycles. The summed E-state index contributed by atoms with van der Waals surface area (Å²) >= 11 is 0. The first-order valence-electron chi connectivity index (χ1n) is 6.82. The second kappa shape index (κ2) is 9.41. The Kier molecular flexibility index (Phi) is 9.13. The second-order valence-corrected chi connectivity index (χ2v) is 12.0. The van der Waals surface area contributed by atoms with Gasteiger partial charge in [0.1, 0.15) is 0 Å². The molecule has 1 rings (SSSR count). The first-order chi connectivity index (χ1) is 8.49.